The lowest BCUT2D eigenvalue weighted by Crippen LogP contribution is -2.33. The number of carbonyl (C=O) groups excluding carboxylic acids is 1. The zero-order chi connectivity index (χ0) is 13.2. The third kappa shape index (κ3) is 3.08. The molecule has 3 rings (SSSR count). The third-order valence-electron chi connectivity index (χ3n) is 3.94. The molecule has 0 aromatic heterocycles. The van der Waals surface area contributed by atoms with E-state index in [-0.39, 0.29) is 5.91 Å². The summed E-state index contributed by atoms with van der Waals surface area (Å²) in [5, 5.41) is 6.94. The number of hydrogen-bond acceptors (Lipinski definition) is 3. The van der Waals surface area contributed by atoms with Gasteiger partial charge in [0.25, 0.3) is 0 Å². The van der Waals surface area contributed by atoms with Crippen LogP contribution in [-0.2, 0) is 4.79 Å². The molecule has 2 N–H and O–H groups in total. The van der Waals surface area contributed by atoms with Gasteiger partial charge in [-0.1, -0.05) is 17.7 Å². The molecule has 1 aromatic carbocycles. The summed E-state index contributed by atoms with van der Waals surface area (Å²) in [6.07, 6.45) is 0. The van der Waals surface area contributed by atoms with E-state index in [0.717, 1.165) is 43.7 Å². The standard InChI is InChI=1S/C14H18ClN3O/c15-12-2-1-3-13(4-12)17-14(19)9-18-7-10-5-16-6-11(10)8-18/h1-4,10-11,16H,5-9H2,(H,17,19). The van der Waals surface area contributed by atoms with Crippen molar-refractivity contribution >= 4 is 23.2 Å². The fourth-order valence-corrected chi connectivity index (χ4v) is 3.24. The summed E-state index contributed by atoms with van der Waals surface area (Å²) in [7, 11) is 0. The maximum atomic E-state index is 12.0. The topological polar surface area (TPSA) is 44.4 Å². The molecule has 2 unspecified atom stereocenters. The molecule has 5 heteroatoms. The summed E-state index contributed by atoms with van der Waals surface area (Å²) < 4.78 is 0. The van der Waals surface area contributed by atoms with Crippen LogP contribution in [0.25, 0.3) is 0 Å². The van der Waals surface area contributed by atoms with Gasteiger partial charge in [-0.3, -0.25) is 9.69 Å². The summed E-state index contributed by atoms with van der Waals surface area (Å²) in [4.78, 5) is 14.2. The van der Waals surface area contributed by atoms with Gasteiger partial charge in [0.2, 0.25) is 5.91 Å². The summed E-state index contributed by atoms with van der Waals surface area (Å²) >= 11 is 5.89. The average molecular weight is 280 g/mol. The first-order valence-corrected chi connectivity index (χ1v) is 7.07. The van der Waals surface area contributed by atoms with E-state index in [1.54, 1.807) is 12.1 Å². The number of rotatable bonds is 3. The maximum absolute atomic E-state index is 12.0. The smallest absolute Gasteiger partial charge is 0.238 e. The number of halogens is 1. The molecular formula is C14H18ClN3O. The van der Waals surface area contributed by atoms with Gasteiger partial charge < -0.3 is 10.6 Å². The molecule has 4 nitrogen and oxygen atoms in total. The molecule has 2 aliphatic rings. The second-order valence-electron chi connectivity index (χ2n) is 5.43. The van der Waals surface area contributed by atoms with Gasteiger partial charge >= 0.3 is 0 Å². The molecule has 2 saturated heterocycles. The second-order valence-corrected chi connectivity index (χ2v) is 5.87. The number of anilines is 1. The third-order valence-corrected chi connectivity index (χ3v) is 4.18. The van der Waals surface area contributed by atoms with E-state index >= 15 is 0 Å². The summed E-state index contributed by atoms with van der Waals surface area (Å²) in [5.74, 6) is 1.48. The van der Waals surface area contributed by atoms with Crippen molar-refractivity contribution in [3.63, 3.8) is 0 Å². The van der Waals surface area contributed by atoms with Crippen molar-refractivity contribution in [3.8, 4) is 0 Å². The van der Waals surface area contributed by atoms with Crippen molar-refractivity contribution in [2.75, 3.05) is 38.0 Å². The number of hydrogen-bond donors (Lipinski definition) is 2. The Morgan fingerprint density at radius 1 is 1.37 bits per heavy atom. The van der Waals surface area contributed by atoms with E-state index < -0.39 is 0 Å². The molecule has 0 spiro atoms. The van der Waals surface area contributed by atoms with Crippen LogP contribution >= 0.6 is 11.6 Å². The van der Waals surface area contributed by atoms with Crippen molar-refractivity contribution in [1.82, 2.24) is 10.2 Å². The van der Waals surface area contributed by atoms with Crippen molar-refractivity contribution in [2.45, 2.75) is 0 Å². The molecule has 2 aliphatic heterocycles. The highest BCUT2D eigenvalue weighted by molar-refractivity contribution is 6.30. The first-order valence-electron chi connectivity index (χ1n) is 6.69. The van der Waals surface area contributed by atoms with Crippen LogP contribution in [0.5, 0.6) is 0 Å². The average Bonchev–Trinajstić information content (AvgIpc) is 2.89. The number of carbonyl (C=O) groups is 1. The summed E-state index contributed by atoms with van der Waals surface area (Å²) in [6, 6.07) is 7.25. The van der Waals surface area contributed by atoms with E-state index in [2.05, 4.69) is 15.5 Å². The molecule has 0 saturated carbocycles. The number of likely N-dealkylation sites (tertiary alicyclic amines) is 1. The van der Waals surface area contributed by atoms with Crippen LogP contribution in [0.3, 0.4) is 0 Å². The predicted octanol–water partition coefficient (Wildman–Crippen LogP) is 1.43. The van der Waals surface area contributed by atoms with Crippen molar-refractivity contribution in [3.05, 3.63) is 29.3 Å². The normalized spacial score (nSPS) is 26.4. The quantitative estimate of drug-likeness (QED) is 0.880. The van der Waals surface area contributed by atoms with Gasteiger partial charge in [-0.15, -0.1) is 0 Å². The first kappa shape index (κ1) is 12.9. The lowest BCUT2D eigenvalue weighted by Gasteiger charge is -2.16. The van der Waals surface area contributed by atoms with E-state index in [1.807, 2.05) is 12.1 Å². The molecule has 0 bridgehead atoms. The van der Waals surface area contributed by atoms with Gasteiger partial charge in [-0.05, 0) is 43.1 Å². The van der Waals surface area contributed by atoms with E-state index in [9.17, 15) is 4.79 Å². The van der Waals surface area contributed by atoms with E-state index in [4.69, 9.17) is 11.6 Å². The Balaban J connectivity index is 1.52. The predicted molar refractivity (Wildman–Crippen MR) is 76.4 cm³/mol. The summed E-state index contributed by atoms with van der Waals surface area (Å²) in [5.41, 5.74) is 0.763. The summed E-state index contributed by atoms with van der Waals surface area (Å²) in [6.45, 7) is 4.72. The molecule has 1 aromatic rings. The molecule has 2 fully saturated rings. The minimum absolute atomic E-state index is 0.0372. The minimum Gasteiger partial charge on any atom is -0.325 e. The van der Waals surface area contributed by atoms with Crippen LogP contribution in [0, 0.1) is 11.8 Å². The highest BCUT2D eigenvalue weighted by atomic mass is 35.5. The van der Waals surface area contributed by atoms with Gasteiger partial charge in [0.15, 0.2) is 0 Å². The largest absolute Gasteiger partial charge is 0.325 e. The van der Waals surface area contributed by atoms with Gasteiger partial charge in [0.05, 0.1) is 6.54 Å². The number of amides is 1. The van der Waals surface area contributed by atoms with Crippen LogP contribution in [0.15, 0.2) is 24.3 Å². The van der Waals surface area contributed by atoms with Crippen molar-refractivity contribution in [2.24, 2.45) is 11.8 Å². The highest BCUT2D eigenvalue weighted by Crippen LogP contribution is 2.25. The monoisotopic (exact) mass is 279 g/mol. The van der Waals surface area contributed by atoms with Gasteiger partial charge in [0, 0.05) is 23.8 Å². The maximum Gasteiger partial charge on any atom is 0.238 e. The van der Waals surface area contributed by atoms with Crippen LogP contribution in [0.4, 0.5) is 5.69 Å². The van der Waals surface area contributed by atoms with E-state index in [0.29, 0.717) is 11.6 Å². The van der Waals surface area contributed by atoms with Crippen LogP contribution in [0.2, 0.25) is 5.02 Å². The van der Waals surface area contributed by atoms with E-state index in [1.165, 1.54) is 0 Å². The molecule has 0 aliphatic carbocycles. The second kappa shape index (κ2) is 5.49. The van der Waals surface area contributed by atoms with Gasteiger partial charge in [-0.25, -0.2) is 0 Å². The van der Waals surface area contributed by atoms with Crippen LogP contribution in [-0.4, -0.2) is 43.5 Å². The van der Waals surface area contributed by atoms with Crippen LogP contribution in [0.1, 0.15) is 0 Å². The Bertz CT molecular complexity index is 468. The Hall–Kier alpha value is -1.10. The Morgan fingerprint density at radius 2 is 2.11 bits per heavy atom. The van der Waals surface area contributed by atoms with Crippen LogP contribution < -0.4 is 10.6 Å². The first-order chi connectivity index (χ1) is 9.20. The molecule has 1 amide bonds. The Labute approximate surface area is 118 Å². The lowest BCUT2D eigenvalue weighted by atomic mass is 10.0. The zero-order valence-corrected chi connectivity index (χ0v) is 11.5. The molecule has 2 heterocycles. The number of nitrogens with zero attached hydrogens (tertiary/aromatic N) is 1. The fraction of sp³-hybridized carbons (Fsp3) is 0.500. The number of nitrogens with one attached hydrogen (secondary N) is 2. The molecule has 0 radical (unpaired) electrons. The Kier molecular flexibility index (Phi) is 3.73. The molecule has 2 atom stereocenters. The number of benzene rings is 1. The lowest BCUT2D eigenvalue weighted by molar-refractivity contribution is -0.117. The minimum atomic E-state index is 0.0372. The Morgan fingerprint density at radius 3 is 2.79 bits per heavy atom. The fourth-order valence-electron chi connectivity index (χ4n) is 3.05. The molecule has 102 valence electrons. The SMILES string of the molecule is O=C(CN1CC2CNCC2C1)Nc1cccc(Cl)c1. The molecule has 19 heavy (non-hydrogen) atoms. The van der Waals surface area contributed by atoms with Gasteiger partial charge in [0.1, 0.15) is 0 Å². The number of fused-ring (bicyclic) bond motifs is 1. The van der Waals surface area contributed by atoms with Gasteiger partial charge in [-0.2, -0.15) is 0 Å². The highest BCUT2D eigenvalue weighted by Gasteiger charge is 2.36. The van der Waals surface area contributed by atoms with Crippen molar-refractivity contribution in [1.29, 1.82) is 0 Å². The molecular weight excluding hydrogens is 262 g/mol. The van der Waals surface area contributed by atoms with Crippen molar-refractivity contribution < 1.29 is 4.79 Å². The zero-order valence-electron chi connectivity index (χ0n) is 10.7.